The van der Waals surface area contributed by atoms with E-state index in [-0.39, 0.29) is 5.97 Å². The molecule has 1 aromatic heterocycles. The van der Waals surface area contributed by atoms with Crippen molar-refractivity contribution in [3.05, 3.63) is 36.0 Å². The molecule has 1 N–H and O–H groups in total. The van der Waals surface area contributed by atoms with E-state index in [2.05, 4.69) is 27.4 Å². The molecule has 0 aliphatic rings. The first-order valence-corrected chi connectivity index (χ1v) is 8.09. The number of hydrogen-bond donors (Lipinski definition) is 1. The average Bonchev–Trinajstić information content (AvgIpc) is 2.60. The molecular weight excluding hydrogens is 306 g/mol. The van der Waals surface area contributed by atoms with E-state index in [1.807, 2.05) is 11.9 Å². The fourth-order valence-corrected chi connectivity index (χ4v) is 2.06. The lowest BCUT2D eigenvalue weighted by Crippen LogP contribution is -2.21. The Bertz CT molecular complexity index is 660. The van der Waals surface area contributed by atoms with Crippen molar-refractivity contribution in [1.82, 2.24) is 15.2 Å². The van der Waals surface area contributed by atoms with E-state index >= 15 is 0 Å². The minimum atomic E-state index is -0.326. The van der Waals surface area contributed by atoms with E-state index in [1.54, 1.807) is 37.4 Å². The zero-order valence-electron chi connectivity index (χ0n) is 14.3. The van der Waals surface area contributed by atoms with Crippen LogP contribution in [0.5, 0.6) is 0 Å². The Hall–Kier alpha value is -2.70. The molecule has 0 saturated carbocycles. The van der Waals surface area contributed by atoms with Crippen LogP contribution in [0.25, 0.3) is 0 Å². The van der Waals surface area contributed by atoms with E-state index in [0.717, 1.165) is 25.1 Å². The first-order chi connectivity index (χ1) is 11.6. The molecule has 0 spiro atoms. The topological polar surface area (TPSA) is 80.2 Å². The molecule has 1 aromatic carbocycles. The maximum Gasteiger partial charge on any atom is 0.338 e. The van der Waals surface area contributed by atoms with Crippen LogP contribution in [0.2, 0.25) is 0 Å². The highest BCUT2D eigenvalue weighted by Crippen LogP contribution is 2.16. The Labute approximate surface area is 142 Å². The summed E-state index contributed by atoms with van der Waals surface area (Å²) in [5, 5.41) is 11.2. The van der Waals surface area contributed by atoms with Crippen LogP contribution in [0.15, 0.2) is 30.5 Å². The second-order valence-electron chi connectivity index (χ2n) is 5.34. The van der Waals surface area contributed by atoms with Gasteiger partial charge in [-0.3, -0.25) is 0 Å². The van der Waals surface area contributed by atoms with Crippen molar-refractivity contribution in [3.8, 4) is 0 Å². The molecule has 0 fully saturated rings. The van der Waals surface area contributed by atoms with Gasteiger partial charge in [0.25, 0.3) is 0 Å². The number of ether oxygens (including phenoxy) is 1. The molecule has 0 aliphatic carbocycles. The number of anilines is 3. The summed E-state index contributed by atoms with van der Waals surface area (Å²) in [5.41, 5.74) is 1.33. The highest BCUT2D eigenvalue weighted by Gasteiger charge is 2.08. The monoisotopic (exact) mass is 329 g/mol. The van der Waals surface area contributed by atoms with Gasteiger partial charge in [0, 0.05) is 19.3 Å². The van der Waals surface area contributed by atoms with Gasteiger partial charge in [0.2, 0.25) is 5.95 Å². The average molecular weight is 329 g/mol. The zero-order valence-corrected chi connectivity index (χ0v) is 14.3. The van der Waals surface area contributed by atoms with Crippen LogP contribution in [0.4, 0.5) is 17.5 Å². The number of hydrogen-bond acceptors (Lipinski definition) is 7. The Morgan fingerprint density at radius 1 is 1.25 bits per heavy atom. The largest absolute Gasteiger partial charge is 0.462 e. The van der Waals surface area contributed by atoms with Crippen LogP contribution in [0, 0.1) is 0 Å². The molecule has 2 aromatic rings. The Balaban J connectivity index is 2.04. The van der Waals surface area contributed by atoms with Gasteiger partial charge in [0.05, 0.1) is 18.4 Å². The van der Waals surface area contributed by atoms with Crippen LogP contribution in [-0.4, -0.2) is 41.3 Å². The number of aromatic nitrogens is 3. The number of rotatable bonds is 8. The lowest BCUT2D eigenvalue weighted by Gasteiger charge is -2.16. The van der Waals surface area contributed by atoms with Crippen molar-refractivity contribution < 1.29 is 9.53 Å². The van der Waals surface area contributed by atoms with Gasteiger partial charge in [-0.05, 0) is 37.6 Å². The molecule has 0 atom stereocenters. The van der Waals surface area contributed by atoms with Crippen molar-refractivity contribution in [3.63, 3.8) is 0 Å². The van der Waals surface area contributed by atoms with E-state index in [0.29, 0.717) is 23.9 Å². The Kier molecular flexibility index (Phi) is 6.48. The molecule has 7 nitrogen and oxygen atoms in total. The lowest BCUT2D eigenvalue weighted by atomic mass is 10.2. The number of carbonyl (C=O) groups is 1. The second-order valence-corrected chi connectivity index (χ2v) is 5.34. The van der Waals surface area contributed by atoms with E-state index in [4.69, 9.17) is 4.74 Å². The smallest absolute Gasteiger partial charge is 0.338 e. The van der Waals surface area contributed by atoms with Crippen LogP contribution in [0.1, 0.15) is 37.0 Å². The zero-order chi connectivity index (χ0) is 17.4. The van der Waals surface area contributed by atoms with Gasteiger partial charge in [-0.25, -0.2) is 4.79 Å². The van der Waals surface area contributed by atoms with Gasteiger partial charge < -0.3 is 15.0 Å². The first kappa shape index (κ1) is 17.7. The van der Waals surface area contributed by atoms with Crippen molar-refractivity contribution in [2.24, 2.45) is 0 Å². The molecule has 2 rings (SSSR count). The van der Waals surface area contributed by atoms with Crippen LogP contribution in [0.3, 0.4) is 0 Å². The van der Waals surface area contributed by atoms with Crippen molar-refractivity contribution in [2.75, 3.05) is 30.4 Å². The predicted octanol–water partition coefficient (Wildman–Crippen LogP) is 3.03. The fourth-order valence-electron chi connectivity index (χ4n) is 2.06. The number of esters is 1. The van der Waals surface area contributed by atoms with Gasteiger partial charge in [0.15, 0.2) is 5.82 Å². The lowest BCUT2D eigenvalue weighted by molar-refractivity contribution is 0.0526. The summed E-state index contributed by atoms with van der Waals surface area (Å²) < 4.78 is 4.96. The van der Waals surface area contributed by atoms with Crippen LogP contribution >= 0.6 is 0 Å². The third kappa shape index (κ3) is 4.91. The van der Waals surface area contributed by atoms with Gasteiger partial charge >= 0.3 is 5.97 Å². The Morgan fingerprint density at radius 3 is 2.67 bits per heavy atom. The summed E-state index contributed by atoms with van der Waals surface area (Å²) in [6.45, 7) is 5.17. The van der Waals surface area contributed by atoms with Gasteiger partial charge in [0.1, 0.15) is 0 Å². The summed E-state index contributed by atoms with van der Waals surface area (Å²) in [7, 11) is 1.95. The summed E-state index contributed by atoms with van der Waals surface area (Å²) >= 11 is 0. The summed E-state index contributed by atoms with van der Waals surface area (Å²) in [6.07, 6.45) is 3.76. The molecule has 7 heteroatoms. The number of nitrogens with zero attached hydrogens (tertiary/aromatic N) is 4. The summed E-state index contributed by atoms with van der Waals surface area (Å²) in [4.78, 5) is 18.1. The highest BCUT2D eigenvalue weighted by molar-refractivity contribution is 5.89. The van der Waals surface area contributed by atoms with E-state index in [1.165, 1.54) is 0 Å². The summed E-state index contributed by atoms with van der Waals surface area (Å²) in [6, 6.07) is 7.02. The van der Waals surface area contributed by atoms with Gasteiger partial charge in [-0.1, -0.05) is 13.3 Å². The maximum atomic E-state index is 11.6. The molecule has 0 radical (unpaired) electrons. The van der Waals surface area contributed by atoms with Crippen molar-refractivity contribution >= 4 is 23.4 Å². The minimum Gasteiger partial charge on any atom is -0.462 e. The minimum absolute atomic E-state index is 0.326. The van der Waals surface area contributed by atoms with Crippen LogP contribution < -0.4 is 10.2 Å². The van der Waals surface area contributed by atoms with E-state index in [9.17, 15) is 4.79 Å². The van der Waals surface area contributed by atoms with Crippen molar-refractivity contribution in [2.45, 2.75) is 26.7 Å². The normalized spacial score (nSPS) is 10.3. The summed E-state index contributed by atoms with van der Waals surface area (Å²) in [5.74, 6) is 0.858. The quantitative estimate of drug-likeness (QED) is 0.746. The molecule has 24 heavy (non-hydrogen) atoms. The Morgan fingerprint density at radius 2 is 2.00 bits per heavy atom. The standard InChI is InChI=1S/C17H23N5O2/c1-4-6-11-22(3)17-20-15(12-18-21-17)19-14-9-7-13(8-10-14)16(23)24-5-2/h7-10,12H,4-6,11H2,1-3H3,(H,19,20,21). The van der Waals surface area contributed by atoms with Gasteiger partial charge in [-0.15, -0.1) is 5.10 Å². The predicted molar refractivity (Wildman–Crippen MR) is 93.7 cm³/mol. The van der Waals surface area contributed by atoms with Crippen molar-refractivity contribution in [1.29, 1.82) is 0 Å². The third-order valence-electron chi connectivity index (χ3n) is 3.40. The van der Waals surface area contributed by atoms with E-state index < -0.39 is 0 Å². The second kappa shape index (κ2) is 8.81. The maximum absolute atomic E-state index is 11.6. The molecule has 0 amide bonds. The SMILES string of the molecule is CCCCN(C)c1nncc(Nc2ccc(C(=O)OCC)cc2)n1. The molecule has 128 valence electrons. The molecule has 0 bridgehead atoms. The molecule has 0 unspecified atom stereocenters. The fraction of sp³-hybridized carbons (Fsp3) is 0.412. The number of unbranched alkanes of at least 4 members (excludes halogenated alkanes) is 1. The molecule has 1 heterocycles. The first-order valence-electron chi connectivity index (χ1n) is 8.09. The third-order valence-corrected chi connectivity index (χ3v) is 3.40. The molecule has 0 saturated heterocycles. The number of carbonyl (C=O) groups excluding carboxylic acids is 1. The molecular formula is C17H23N5O2. The number of benzene rings is 1. The number of nitrogens with one attached hydrogen (secondary N) is 1. The van der Waals surface area contributed by atoms with Crippen LogP contribution in [-0.2, 0) is 4.74 Å². The molecule has 0 aliphatic heterocycles. The highest BCUT2D eigenvalue weighted by atomic mass is 16.5. The van der Waals surface area contributed by atoms with Gasteiger partial charge in [-0.2, -0.15) is 10.1 Å².